The molecule has 0 amide bonds. The molecule has 1 aromatic heterocycles. The summed E-state index contributed by atoms with van der Waals surface area (Å²) in [5, 5.41) is 0.520. The van der Waals surface area contributed by atoms with Gasteiger partial charge in [0, 0.05) is 5.39 Å². The summed E-state index contributed by atoms with van der Waals surface area (Å²) >= 11 is 0. The van der Waals surface area contributed by atoms with E-state index in [2.05, 4.69) is 4.98 Å². The van der Waals surface area contributed by atoms with Crippen molar-refractivity contribution in [2.75, 3.05) is 7.11 Å². The number of nitrogens with zero attached hydrogens (tertiary/aromatic N) is 1. The van der Waals surface area contributed by atoms with E-state index in [0.29, 0.717) is 40.6 Å². The Kier molecular flexibility index (Phi) is 3.04. The number of aryl methyl sites for hydroxylation is 1. The third-order valence-electron chi connectivity index (χ3n) is 2.67. The van der Waals surface area contributed by atoms with Crippen LogP contribution in [0, 0.1) is 5.82 Å². The predicted octanol–water partition coefficient (Wildman–Crippen LogP) is 2.76. The number of hydrogen-bond donors (Lipinski definition) is 0. The second-order valence-corrected chi connectivity index (χ2v) is 3.64. The molecule has 4 heteroatoms. The molecule has 0 aliphatic carbocycles. The molecule has 1 aromatic carbocycles. The van der Waals surface area contributed by atoms with Crippen LogP contribution in [-0.4, -0.2) is 18.4 Å². The van der Waals surface area contributed by atoms with E-state index < -0.39 is 0 Å². The fourth-order valence-corrected chi connectivity index (χ4v) is 1.88. The minimum Gasteiger partial charge on any atom is -0.495 e. The number of ether oxygens (including phenoxy) is 1. The quantitative estimate of drug-likeness (QED) is 0.765. The summed E-state index contributed by atoms with van der Waals surface area (Å²) in [6, 6.07) is 4.25. The minimum atomic E-state index is -0.376. The highest BCUT2D eigenvalue weighted by molar-refractivity contribution is 5.94. The summed E-state index contributed by atoms with van der Waals surface area (Å²) in [4.78, 5) is 15.4. The lowest BCUT2D eigenvalue weighted by Crippen LogP contribution is -2.01. The molecule has 0 N–H and O–H groups in total. The summed E-state index contributed by atoms with van der Waals surface area (Å²) in [6.07, 6.45) is 1.33. The van der Waals surface area contributed by atoms with Crippen LogP contribution < -0.4 is 4.74 Å². The van der Waals surface area contributed by atoms with Gasteiger partial charge in [-0.15, -0.1) is 0 Å². The van der Waals surface area contributed by atoms with Gasteiger partial charge in [0.2, 0.25) is 0 Å². The molecule has 3 nitrogen and oxygen atoms in total. The first kappa shape index (κ1) is 11.5. The van der Waals surface area contributed by atoms with Gasteiger partial charge in [0.25, 0.3) is 0 Å². The molecule has 0 unspecified atom stereocenters. The van der Waals surface area contributed by atoms with Crippen molar-refractivity contribution in [3.63, 3.8) is 0 Å². The SMILES string of the molecule is CCc1nc2ccc(F)cc2c(OC)c1C=O. The maximum absolute atomic E-state index is 13.2. The molecule has 2 aromatic rings. The van der Waals surface area contributed by atoms with Gasteiger partial charge < -0.3 is 4.74 Å². The molecule has 88 valence electrons. The highest BCUT2D eigenvalue weighted by Gasteiger charge is 2.14. The van der Waals surface area contributed by atoms with Crippen molar-refractivity contribution in [1.29, 1.82) is 0 Å². The van der Waals surface area contributed by atoms with Crippen molar-refractivity contribution >= 4 is 17.2 Å². The summed E-state index contributed by atoms with van der Waals surface area (Å²) in [5.74, 6) is 0.0139. The third-order valence-corrected chi connectivity index (χ3v) is 2.67. The fraction of sp³-hybridized carbons (Fsp3) is 0.231. The van der Waals surface area contributed by atoms with Crippen LogP contribution in [0.15, 0.2) is 18.2 Å². The first-order valence-corrected chi connectivity index (χ1v) is 5.32. The highest BCUT2D eigenvalue weighted by Crippen LogP contribution is 2.30. The Labute approximate surface area is 98.2 Å². The summed E-state index contributed by atoms with van der Waals surface area (Å²) < 4.78 is 18.4. The zero-order chi connectivity index (χ0) is 12.4. The van der Waals surface area contributed by atoms with E-state index in [1.165, 1.54) is 19.2 Å². The fourth-order valence-electron chi connectivity index (χ4n) is 1.88. The molecule has 0 bridgehead atoms. The van der Waals surface area contributed by atoms with Crippen molar-refractivity contribution in [3.05, 3.63) is 35.3 Å². The molecule has 0 aliphatic rings. The van der Waals surface area contributed by atoms with E-state index in [1.807, 2.05) is 6.92 Å². The smallest absolute Gasteiger partial charge is 0.155 e. The van der Waals surface area contributed by atoms with Gasteiger partial charge in [-0.05, 0) is 24.6 Å². The van der Waals surface area contributed by atoms with Gasteiger partial charge in [-0.3, -0.25) is 9.78 Å². The maximum Gasteiger partial charge on any atom is 0.155 e. The second-order valence-electron chi connectivity index (χ2n) is 3.64. The third kappa shape index (κ3) is 1.86. The Balaban J connectivity index is 2.89. The van der Waals surface area contributed by atoms with Crippen molar-refractivity contribution in [2.24, 2.45) is 0 Å². The Morgan fingerprint density at radius 1 is 1.47 bits per heavy atom. The van der Waals surface area contributed by atoms with Crippen LogP contribution in [0.2, 0.25) is 0 Å². The topological polar surface area (TPSA) is 39.2 Å². The van der Waals surface area contributed by atoms with Gasteiger partial charge in [-0.2, -0.15) is 0 Å². The van der Waals surface area contributed by atoms with Crippen LogP contribution in [0.4, 0.5) is 4.39 Å². The minimum absolute atomic E-state index is 0.376. The molecular formula is C13H12FNO2. The van der Waals surface area contributed by atoms with E-state index in [9.17, 15) is 9.18 Å². The van der Waals surface area contributed by atoms with Crippen LogP contribution >= 0.6 is 0 Å². The molecule has 0 saturated carbocycles. The van der Waals surface area contributed by atoms with E-state index in [-0.39, 0.29) is 5.82 Å². The average Bonchev–Trinajstić information content (AvgIpc) is 2.36. The summed E-state index contributed by atoms with van der Waals surface area (Å²) in [6.45, 7) is 1.91. The maximum atomic E-state index is 13.2. The van der Waals surface area contributed by atoms with E-state index in [0.717, 1.165) is 0 Å². The van der Waals surface area contributed by atoms with Crippen molar-refractivity contribution in [3.8, 4) is 5.75 Å². The van der Waals surface area contributed by atoms with Crippen LogP contribution in [-0.2, 0) is 6.42 Å². The van der Waals surface area contributed by atoms with Gasteiger partial charge in [-0.1, -0.05) is 6.92 Å². The Bertz CT molecular complexity index is 581. The van der Waals surface area contributed by atoms with Crippen LogP contribution in [0.1, 0.15) is 23.0 Å². The molecule has 0 fully saturated rings. The molecule has 1 heterocycles. The average molecular weight is 233 g/mol. The van der Waals surface area contributed by atoms with Gasteiger partial charge in [0.15, 0.2) is 6.29 Å². The lowest BCUT2D eigenvalue weighted by atomic mass is 10.1. The summed E-state index contributed by atoms with van der Waals surface area (Å²) in [7, 11) is 1.46. The number of carbonyl (C=O) groups is 1. The zero-order valence-electron chi connectivity index (χ0n) is 9.66. The first-order chi connectivity index (χ1) is 8.21. The van der Waals surface area contributed by atoms with Crippen LogP contribution in [0.25, 0.3) is 10.9 Å². The molecule has 17 heavy (non-hydrogen) atoms. The molecule has 2 rings (SSSR count). The molecular weight excluding hydrogens is 221 g/mol. The van der Waals surface area contributed by atoms with E-state index >= 15 is 0 Å². The number of benzene rings is 1. The Morgan fingerprint density at radius 3 is 2.82 bits per heavy atom. The number of aromatic nitrogens is 1. The van der Waals surface area contributed by atoms with Crippen LogP contribution in [0.3, 0.4) is 0 Å². The molecule has 0 radical (unpaired) electrons. The lowest BCUT2D eigenvalue weighted by Gasteiger charge is -2.11. The predicted molar refractivity (Wildman–Crippen MR) is 63.0 cm³/mol. The standard InChI is InChI=1S/C13H12FNO2/c1-3-11-10(7-16)13(17-2)9-6-8(14)4-5-12(9)15-11/h4-7H,3H2,1-2H3. The normalized spacial score (nSPS) is 10.5. The molecule has 0 aliphatic heterocycles. The number of aldehydes is 1. The number of rotatable bonds is 3. The number of carbonyl (C=O) groups excluding carboxylic acids is 1. The number of hydrogen-bond acceptors (Lipinski definition) is 3. The van der Waals surface area contributed by atoms with E-state index in [1.54, 1.807) is 6.07 Å². The van der Waals surface area contributed by atoms with Gasteiger partial charge in [-0.25, -0.2) is 4.39 Å². The van der Waals surface area contributed by atoms with Crippen molar-refractivity contribution < 1.29 is 13.9 Å². The van der Waals surface area contributed by atoms with E-state index in [4.69, 9.17) is 4.74 Å². The first-order valence-electron chi connectivity index (χ1n) is 5.32. The van der Waals surface area contributed by atoms with Gasteiger partial charge in [0.1, 0.15) is 11.6 Å². The van der Waals surface area contributed by atoms with Crippen LogP contribution in [0.5, 0.6) is 5.75 Å². The van der Waals surface area contributed by atoms with Gasteiger partial charge >= 0.3 is 0 Å². The number of methoxy groups -OCH3 is 1. The van der Waals surface area contributed by atoms with Crippen molar-refractivity contribution in [1.82, 2.24) is 4.98 Å². The second kappa shape index (κ2) is 4.49. The number of fused-ring (bicyclic) bond motifs is 1. The summed E-state index contributed by atoms with van der Waals surface area (Å²) in [5.41, 5.74) is 1.69. The molecule has 0 atom stereocenters. The number of halogens is 1. The highest BCUT2D eigenvalue weighted by atomic mass is 19.1. The Morgan fingerprint density at radius 2 is 2.24 bits per heavy atom. The van der Waals surface area contributed by atoms with Gasteiger partial charge in [0.05, 0.1) is 23.9 Å². The molecule has 0 saturated heterocycles. The number of pyridine rings is 1. The lowest BCUT2D eigenvalue weighted by molar-refractivity contribution is 0.111. The van der Waals surface area contributed by atoms with Crippen molar-refractivity contribution in [2.45, 2.75) is 13.3 Å². The molecule has 0 spiro atoms. The monoisotopic (exact) mass is 233 g/mol. The largest absolute Gasteiger partial charge is 0.495 e. The zero-order valence-corrected chi connectivity index (χ0v) is 9.66. The Hall–Kier alpha value is -1.97.